The van der Waals surface area contributed by atoms with Crippen LogP contribution in [0.5, 0.6) is 0 Å². The van der Waals surface area contributed by atoms with E-state index in [1.807, 2.05) is 6.07 Å². The van der Waals surface area contributed by atoms with Crippen LogP contribution in [0.2, 0.25) is 20.1 Å². The zero-order chi connectivity index (χ0) is 8.48. The van der Waals surface area contributed by atoms with Crippen molar-refractivity contribution in [3.05, 3.63) is 17.5 Å². The van der Waals surface area contributed by atoms with E-state index >= 15 is 0 Å². The van der Waals surface area contributed by atoms with E-state index in [1.54, 1.807) is 6.20 Å². The van der Waals surface area contributed by atoms with Crippen molar-refractivity contribution in [2.75, 3.05) is 0 Å². The predicted molar refractivity (Wildman–Crippen MR) is 50.0 cm³/mol. The summed E-state index contributed by atoms with van der Waals surface area (Å²) in [6, 6.07) is 1.97. The Morgan fingerprint density at radius 2 is 2.00 bits per heavy atom. The van der Waals surface area contributed by atoms with Gasteiger partial charge in [0.15, 0.2) is 0 Å². The zero-order valence-corrected chi connectivity index (χ0v) is 10.5. The molecule has 0 saturated heterocycles. The van der Waals surface area contributed by atoms with Crippen molar-refractivity contribution in [2.24, 2.45) is 0 Å². The molecule has 0 radical (unpaired) electrons. The molecule has 0 aliphatic heterocycles. The third kappa shape index (κ3) is 2.60. The van der Waals surface area contributed by atoms with Gasteiger partial charge >= 0.3 is 76.0 Å². The van der Waals surface area contributed by atoms with Crippen molar-refractivity contribution in [3.63, 3.8) is 0 Å². The van der Waals surface area contributed by atoms with E-state index in [-0.39, 0.29) is 0 Å². The molecule has 0 atom stereocenters. The summed E-state index contributed by atoms with van der Waals surface area (Å²) < 4.78 is 1.18. The second-order valence-electron chi connectivity index (χ2n) is 3.46. The van der Waals surface area contributed by atoms with Crippen LogP contribution in [0.1, 0.15) is 0 Å². The molecule has 2 nitrogen and oxygen atoms in total. The summed E-state index contributed by atoms with van der Waals surface area (Å²) in [6.07, 6.45) is 1.73. The molecule has 0 N–H and O–H groups in total. The van der Waals surface area contributed by atoms with Crippen LogP contribution in [0.25, 0.3) is 0 Å². The fourth-order valence-corrected chi connectivity index (χ4v) is 4.00. The Labute approximate surface area is 75.9 Å². The molecular weight excluding hydrogens is 266 g/mol. The van der Waals surface area contributed by atoms with Gasteiger partial charge in [0, 0.05) is 0 Å². The molecule has 1 heterocycles. The third-order valence-corrected chi connectivity index (χ3v) is 6.76. The molecule has 1 rings (SSSR count). The number of hydrogen-bond donors (Lipinski definition) is 0. The Morgan fingerprint density at radius 1 is 1.36 bits per heavy atom. The molecule has 0 saturated carbocycles. The molecule has 0 aliphatic rings. The van der Waals surface area contributed by atoms with Crippen molar-refractivity contribution >= 4 is 33.7 Å². The second kappa shape index (κ2) is 3.27. The predicted octanol–water partition coefficient (Wildman–Crippen LogP) is 1.68. The fraction of sp³-hybridized carbons (Fsp3) is 0.429. The van der Waals surface area contributed by atoms with Gasteiger partial charge in [-0.2, -0.15) is 0 Å². The van der Waals surface area contributed by atoms with Crippen molar-refractivity contribution in [1.29, 1.82) is 0 Å². The number of nitrogens with zero attached hydrogens (tertiary/aromatic N) is 2. The van der Waals surface area contributed by atoms with E-state index in [1.165, 1.54) is 3.71 Å². The zero-order valence-electron chi connectivity index (χ0n) is 6.93. The molecule has 4 heteroatoms. The van der Waals surface area contributed by atoms with Gasteiger partial charge in [0.2, 0.25) is 0 Å². The van der Waals surface area contributed by atoms with Gasteiger partial charge in [-0.25, -0.2) is 0 Å². The van der Waals surface area contributed by atoms with Crippen LogP contribution >= 0.6 is 11.6 Å². The van der Waals surface area contributed by atoms with Gasteiger partial charge in [-0.3, -0.25) is 0 Å². The first-order chi connectivity index (χ1) is 5.00. The first kappa shape index (κ1) is 9.26. The number of aromatic nitrogens is 2. The van der Waals surface area contributed by atoms with Crippen molar-refractivity contribution in [1.82, 2.24) is 9.97 Å². The van der Waals surface area contributed by atoms with Crippen LogP contribution in [0.4, 0.5) is 0 Å². The summed E-state index contributed by atoms with van der Waals surface area (Å²) in [4.78, 5) is 14.9. The van der Waals surface area contributed by atoms with E-state index in [0.717, 1.165) is 0 Å². The van der Waals surface area contributed by atoms with Crippen molar-refractivity contribution in [2.45, 2.75) is 14.8 Å². The Kier molecular flexibility index (Phi) is 2.75. The molecule has 1 aromatic rings. The van der Waals surface area contributed by atoms with Gasteiger partial charge in [-0.15, -0.1) is 0 Å². The molecule has 0 aromatic carbocycles. The Bertz CT molecular complexity index is 257. The summed E-state index contributed by atoms with van der Waals surface area (Å²) in [6.45, 7) is 0. The molecule has 0 unspecified atom stereocenters. The average Bonchev–Trinajstić information content (AvgIpc) is 1.86. The summed E-state index contributed by atoms with van der Waals surface area (Å²) >= 11 is 3.67. The van der Waals surface area contributed by atoms with Gasteiger partial charge in [0.25, 0.3) is 0 Å². The molecule has 0 fully saturated rings. The summed E-state index contributed by atoms with van der Waals surface area (Å²) in [5.41, 5.74) is 0. The van der Waals surface area contributed by atoms with Crippen LogP contribution in [-0.4, -0.2) is 28.3 Å². The fourth-order valence-electron chi connectivity index (χ4n) is 0.753. The standard InChI is InChI=1S/C4H2ClN2.3CH3.Sn/c5-4-6-2-1-3-7-4;;;;/h1-2H;3*1H3;. The summed E-state index contributed by atoms with van der Waals surface area (Å²) in [7, 11) is 0. The molecule has 11 heavy (non-hydrogen) atoms. The van der Waals surface area contributed by atoms with E-state index in [4.69, 9.17) is 11.6 Å². The van der Waals surface area contributed by atoms with Gasteiger partial charge < -0.3 is 0 Å². The Hall–Kier alpha value is 0.169. The average molecular weight is 277 g/mol. The molecule has 0 bridgehead atoms. The van der Waals surface area contributed by atoms with Crippen LogP contribution in [-0.2, 0) is 0 Å². The van der Waals surface area contributed by atoms with Crippen LogP contribution < -0.4 is 3.71 Å². The quantitative estimate of drug-likeness (QED) is 0.576. The number of halogens is 1. The minimum absolute atomic E-state index is 0.370. The normalized spacial score (nSPS) is 11.6. The maximum absolute atomic E-state index is 5.66. The summed E-state index contributed by atoms with van der Waals surface area (Å²) in [5, 5.41) is 0.370. The monoisotopic (exact) mass is 278 g/mol. The van der Waals surface area contributed by atoms with E-state index in [0.29, 0.717) is 5.28 Å². The van der Waals surface area contributed by atoms with Gasteiger partial charge in [-0.05, 0) is 0 Å². The molecule has 60 valence electrons. The van der Waals surface area contributed by atoms with Crippen molar-refractivity contribution < 1.29 is 0 Å². The van der Waals surface area contributed by atoms with Gasteiger partial charge in [0.05, 0.1) is 0 Å². The van der Waals surface area contributed by atoms with E-state index in [9.17, 15) is 0 Å². The van der Waals surface area contributed by atoms with Crippen LogP contribution in [0, 0.1) is 0 Å². The molecule has 1 aromatic heterocycles. The number of rotatable bonds is 1. The topological polar surface area (TPSA) is 25.8 Å². The first-order valence-corrected chi connectivity index (χ1v) is 13.9. The first-order valence-electron chi connectivity index (χ1n) is 3.49. The van der Waals surface area contributed by atoms with Crippen LogP contribution in [0.15, 0.2) is 12.3 Å². The van der Waals surface area contributed by atoms with Crippen LogP contribution in [0.3, 0.4) is 0 Å². The van der Waals surface area contributed by atoms with Crippen molar-refractivity contribution in [3.8, 4) is 0 Å². The second-order valence-corrected chi connectivity index (χ2v) is 18.1. The van der Waals surface area contributed by atoms with E-state index < -0.39 is 18.4 Å². The van der Waals surface area contributed by atoms with Gasteiger partial charge in [-0.1, -0.05) is 0 Å². The Morgan fingerprint density at radius 3 is 2.36 bits per heavy atom. The third-order valence-electron chi connectivity index (χ3n) is 1.39. The minimum atomic E-state index is -1.99. The Balaban J connectivity index is 3.06. The van der Waals surface area contributed by atoms with Gasteiger partial charge in [0.1, 0.15) is 0 Å². The molecule has 0 spiro atoms. The van der Waals surface area contributed by atoms with E-state index in [2.05, 4.69) is 24.8 Å². The molecule has 0 aliphatic carbocycles. The SMILES string of the molecule is [CH3][Sn]([CH3])([CH3])[c]1ccnc(Cl)n1. The molecule has 0 amide bonds. The summed E-state index contributed by atoms with van der Waals surface area (Å²) in [5.74, 6) is 0. The molecular formula is C7H11ClN2Sn. The number of hydrogen-bond acceptors (Lipinski definition) is 2. The maximum atomic E-state index is 5.66.